The van der Waals surface area contributed by atoms with Crippen LogP contribution in [-0.2, 0) is 15.1 Å². The molecule has 8 heteroatoms. The zero-order valence-electron chi connectivity index (χ0n) is 16.1. The van der Waals surface area contributed by atoms with Crippen LogP contribution in [0.4, 0.5) is 10.5 Å². The predicted octanol–water partition coefficient (Wildman–Crippen LogP) is 3.48. The molecule has 1 saturated heterocycles. The Labute approximate surface area is 172 Å². The van der Waals surface area contributed by atoms with E-state index >= 15 is 0 Å². The minimum atomic E-state index is -1.35. The molecule has 8 nitrogen and oxygen atoms in total. The summed E-state index contributed by atoms with van der Waals surface area (Å²) >= 11 is 0. The minimum Gasteiger partial charge on any atom is -0.466 e. The molecule has 1 atom stereocenters. The van der Waals surface area contributed by atoms with Crippen molar-refractivity contribution in [3.8, 4) is 11.5 Å². The van der Waals surface area contributed by atoms with Crippen molar-refractivity contribution in [2.45, 2.75) is 12.5 Å². The molecule has 0 saturated carbocycles. The summed E-state index contributed by atoms with van der Waals surface area (Å²) in [5.74, 6) is 0.250. The van der Waals surface area contributed by atoms with Crippen LogP contribution in [0.3, 0.4) is 0 Å². The number of rotatable bonds is 6. The molecule has 2 heterocycles. The normalized spacial score (nSPS) is 18.2. The van der Waals surface area contributed by atoms with Crippen molar-refractivity contribution in [2.24, 2.45) is 0 Å². The lowest BCUT2D eigenvalue weighted by atomic mass is 9.99. The van der Waals surface area contributed by atoms with Crippen molar-refractivity contribution in [3.05, 3.63) is 78.8 Å². The van der Waals surface area contributed by atoms with Crippen molar-refractivity contribution in [1.82, 2.24) is 10.2 Å². The maximum Gasteiger partial charge on any atom is 0.325 e. The lowest BCUT2D eigenvalue weighted by molar-refractivity contribution is -0.134. The predicted molar refractivity (Wildman–Crippen MR) is 108 cm³/mol. The molecule has 0 radical (unpaired) electrons. The number of carbonyl (C=O) groups excluding carboxylic acids is 3. The molecular formula is C22H19N3O5. The Kier molecular flexibility index (Phi) is 4.97. The Morgan fingerprint density at radius 3 is 2.53 bits per heavy atom. The third-order valence-corrected chi connectivity index (χ3v) is 4.72. The molecule has 0 spiro atoms. The van der Waals surface area contributed by atoms with E-state index in [0.717, 1.165) is 4.90 Å². The van der Waals surface area contributed by atoms with Crippen LogP contribution in [0, 0.1) is 0 Å². The van der Waals surface area contributed by atoms with Crippen LogP contribution in [0.2, 0.25) is 0 Å². The molecule has 0 bridgehead atoms. The number of ether oxygens (including phenoxy) is 1. The first-order valence-electron chi connectivity index (χ1n) is 9.27. The fraction of sp³-hybridized carbons (Fsp3) is 0.136. The van der Waals surface area contributed by atoms with Crippen LogP contribution in [-0.4, -0.2) is 29.3 Å². The van der Waals surface area contributed by atoms with Gasteiger partial charge in [-0.1, -0.05) is 30.3 Å². The molecule has 2 N–H and O–H groups in total. The van der Waals surface area contributed by atoms with Crippen LogP contribution in [0.1, 0.15) is 12.7 Å². The summed E-state index contributed by atoms with van der Waals surface area (Å²) in [6.07, 6.45) is 1.42. The van der Waals surface area contributed by atoms with Gasteiger partial charge in [-0.2, -0.15) is 0 Å². The zero-order chi connectivity index (χ0) is 21.1. The van der Waals surface area contributed by atoms with Crippen LogP contribution in [0.25, 0.3) is 0 Å². The average molecular weight is 405 g/mol. The summed E-state index contributed by atoms with van der Waals surface area (Å²) in [5.41, 5.74) is -0.929. The third-order valence-electron chi connectivity index (χ3n) is 4.72. The Morgan fingerprint density at radius 2 is 1.80 bits per heavy atom. The number of benzene rings is 2. The molecule has 1 aliphatic heterocycles. The zero-order valence-corrected chi connectivity index (χ0v) is 16.1. The van der Waals surface area contributed by atoms with Crippen molar-refractivity contribution < 1.29 is 23.5 Å². The van der Waals surface area contributed by atoms with Gasteiger partial charge in [0.15, 0.2) is 11.3 Å². The second kappa shape index (κ2) is 7.75. The van der Waals surface area contributed by atoms with Gasteiger partial charge in [0.1, 0.15) is 18.1 Å². The Balaban J connectivity index is 1.47. The fourth-order valence-corrected chi connectivity index (χ4v) is 3.18. The van der Waals surface area contributed by atoms with Crippen molar-refractivity contribution in [3.63, 3.8) is 0 Å². The molecule has 0 unspecified atom stereocenters. The molecule has 30 heavy (non-hydrogen) atoms. The molecule has 152 valence electrons. The highest BCUT2D eigenvalue weighted by Gasteiger charge is 2.51. The summed E-state index contributed by atoms with van der Waals surface area (Å²) in [5, 5.41) is 5.28. The van der Waals surface area contributed by atoms with Gasteiger partial charge in [0.05, 0.1) is 12.0 Å². The maximum absolute atomic E-state index is 12.8. The van der Waals surface area contributed by atoms with E-state index in [4.69, 9.17) is 9.15 Å². The van der Waals surface area contributed by atoms with Gasteiger partial charge in [0.25, 0.3) is 5.91 Å². The van der Waals surface area contributed by atoms with Crippen LogP contribution < -0.4 is 15.4 Å². The maximum atomic E-state index is 12.8. The molecule has 1 aromatic heterocycles. The standard InChI is InChI=1S/C22H19N3O5/c1-22(18-12-7-13-29-18)20(27)25(21(28)24-22)14-19(26)23-16-10-5-6-11-17(16)30-15-8-3-2-4-9-15/h2-13H,14H2,1H3,(H,23,26)(H,24,28)/t22-/m0/s1. The van der Waals surface area contributed by atoms with E-state index in [2.05, 4.69) is 10.6 Å². The molecular weight excluding hydrogens is 386 g/mol. The summed E-state index contributed by atoms with van der Waals surface area (Å²) in [6.45, 7) is 1.09. The lowest BCUT2D eigenvalue weighted by Gasteiger charge is -2.19. The fourth-order valence-electron chi connectivity index (χ4n) is 3.18. The smallest absolute Gasteiger partial charge is 0.325 e. The van der Waals surface area contributed by atoms with Gasteiger partial charge < -0.3 is 19.8 Å². The van der Waals surface area contributed by atoms with E-state index in [1.807, 2.05) is 18.2 Å². The SMILES string of the molecule is C[C@@]1(c2ccco2)NC(=O)N(CC(=O)Nc2ccccc2Oc2ccccc2)C1=O. The van der Waals surface area contributed by atoms with Gasteiger partial charge in [0, 0.05) is 0 Å². The molecule has 4 amide bonds. The summed E-state index contributed by atoms with van der Waals surface area (Å²) in [4.78, 5) is 38.6. The van der Waals surface area contributed by atoms with Gasteiger partial charge >= 0.3 is 6.03 Å². The van der Waals surface area contributed by atoms with Crippen molar-refractivity contribution in [2.75, 3.05) is 11.9 Å². The van der Waals surface area contributed by atoms with Gasteiger partial charge in [-0.15, -0.1) is 0 Å². The Hall–Kier alpha value is -4.07. The number of anilines is 1. The first-order chi connectivity index (χ1) is 14.5. The van der Waals surface area contributed by atoms with Gasteiger partial charge in [-0.25, -0.2) is 4.79 Å². The van der Waals surface area contributed by atoms with Gasteiger partial charge in [-0.05, 0) is 43.3 Å². The monoisotopic (exact) mass is 405 g/mol. The summed E-state index contributed by atoms with van der Waals surface area (Å²) in [7, 11) is 0. The second-order valence-corrected chi connectivity index (χ2v) is 6.88. The molecule has 1 aliphatic rings. The van der Waals surface area contributed by atoms with E-state index in [1.54, 1.807) is 48.5 Å². The lowest BCUT2D eigenvalue weighted by Crippen LogP contribution is -2.41. The number of hydrogen-bond acceptors (Lipinski definition) is 5. The summed E-state index contributed by atoms with van der Waals surface area (Å²) < 4.78 is 11.1. The number of nitrogens with zero attached hydrogens (tertiary/aromatic N) is 1. The van der Waals surface area contributed by atoms with Crippen LogP contribution in [0.15, 0.2) is 77.4 Å². The van der Waals surface area contributed by atoms with Crippen LogP contribution >= 0.6 is 0 Å². The largest absolute Gasteiger partial charge is 0.466 e. The van der Waals surface area contributed by atoms with Crippen LogP contribution in [0.5, 0.6) is 11.5 Å². The average Bonchev–Trinajstić information content (AvgIpc) is 3.35. The Morgan fingerprint density at radius 1 is 1.07 bits per heavy atom. The number of imide groups is 1. The second-order valence-electron chi connectivity index (χ2n) is 6.88. The molecule has 3 aromatic rings. The highest BCUT2D eigenvalue weighted by Crippen LogP contribution is 2.31. The molecule has 1 fully saturated rings. The third kappa shape index (κ3) is 3.62. The number of furan rings is 1. The van der Waals surface area contributed by atoms with Crippen molar-refractivity contribution in [1.29, 1.82) is 0 Å². The highest BCUT2D eigenvalue weighted by atomic mass is 16.5. The molecule has 4 rings (SSSR count). The molecule has 2 aromatic carbocycles. The number of hydrogen-bond donors (Lipinski definition) is 2. The molecule has 0 aliphatic carbocycles. The number of nitrogens with one attached hydrogen (secondary N) is 2. The van der Waals surface area contributed by atoms with E-state index in [9.17, 15) is 14.4 Å². The first-order valence-corrected chi connectivity index (χ1v) is 9.27. The van der Waals surface area contributed by atoms with E-state index in [1.165, 1.54) is 13.2 Å². The number of urea groups is 1. The number of para-hydroxylation sites is 3. The van der Waals surface area contributed by atoms with E-state index in [0.29, 0.717) is 22.9 Å². The van der Waals surface area contributed by atoms with E-state index in [-0.39, 0.29) is 0 Å². The quantitative estimate of drug-likeness (QED) is 0.612. The van der Waals surface area contributed by atoms with Gasteiger partial charge in [0.2, 0.25) is 5.91 Å². The topological polar surface area (TPSA) is 101 Å². The number of carbonyl (C=O) groups is 3. The van der Waals surface area contributed by atoms with E-state index < -0.39 is 29.9 Å². The Bertz CT molecular complexity index is 1080. The highest BCUT2D eigenvalue weighted by molar-refractivity contribution is 6.10. The first kappa shape index (κ1) is 19.3. The van der Waals surface area contributed by atoms with Gasteiger partial charge in [-0.3, -0.25) is 14.5 Å². The summed E-state index contributed by atoms with van der Waals surface area (Å²) in [6, 6.07) is 18.6. The number of amides is 4. The minimum absolute atomic E-state index is 0.297. The van der Waals surface area contributed by atoms with Crippen molar-refractivity contribution >= 4 is 23.5 Å².